The largest absolute Gasteiger partial charge is 0.481 e. The third-order valence-electron chi connectivity index (χ3n) is 16.4. The number of rotatable bonds is 9. The number of carbonyl (C=O) groups excluding carboxylic acids is 3. The molecule has 0 spiro atoms. The van der Waals surface area contributed by atoms with Crippen LogP contribution in [0.1, 0.15) is 139 Å². The second-order valence-electron chi connectivity index (χ2n) is 20.1. The Labute approximate surface area is 323 Å². The minimum atomic E-state index is -1.17. The van der Waals surface area contributed by atoms with Gasteiger partial charge in [0.15, 0.2) is 0 Å². The van der Waals surface area contributed by atoms with E-state index in [1.54, 1.807) is 25.8 Å². The van der Waals surface area contributed by atoms with E-state index in [1.165, 1.54) is 11.1 Å². The molecule has 5 aliphatic carbocycles. The van der Waals surface area contributed by atoms with Crippen LogP contribution in [0, 0.1) is 56.2 Å². The van der Waals surface area contributed by atoms with Crippen LogP contribution in [0.15, 0.2) is 35.4 Å². The van der Waals surface area contributed by atoms with Crippen molar-refractivity contribution in [3.05, 3.63) is 46.0 Å². The molecular formula is C45H64ClNO6. The molecule has 2 unspecified atom stereocenters. The van der Waals surface area contributed by atoms with Gasteiger partial charge in [0, 0.05) is 24.0 Å². The monoisotopic (exact) mass is 749 g/mol. The van der Waals surface area contributed by atoms with Crippen molar-refractivity contribution in [1.29, 1.82) is 0 Å². The van der Waals surface area contributed by atoms with Crippen LogP contribution in [0.2, 0.25) is 5.02 Å². The maximum Gasteiger partial charge on any atom is 0.309 e. The molecule has 292 valence electrons. The molecule has 0 radical (unpaired) electrons. The summed E-state index contributed by atoms with van der Waals surface area (Å²) in [5.74, 6) is -0.586. The van der Waals surface area contributed by atoms with Crippen LogP contribution >= 0.6 is 11.6 Å². The van der Waals surface area contributed by atoms with Crippen LogP contribution in [0.5, 0.6) is 0 Å². The van der Waals surface area contributed by atoms with Gasteiger partial charge >= 0.3 is 11.9 Å². The van der Waals surface area contributed by atoms with Gasteiger partial charge in [0.2, 0.25) is 5.78 Å². The first-order valence-electron chi connectivity index (χ1n) is 20.3. The molecular weight excluding hydrogens is 686 g/mol. The molecule has 1 aromatic rings. The van der Waals surface area contributed by atoms with E-state index in [2.05, 4.69) is 48.5 Å². The highest BCUT2D eigenvalue weighted by Crippen LogP contribution is 2.77. The summed E-state index contributed by atoms with van der Waals surface area (Å²) in [7, 11) is 1.75. The average molecular weight is 750 g/mol. The fraction of sp³-hybridized carbons (Fsp3) is 0.733. The number of carboxylic acids is 1. The molecule has 7 nitrogen and oxygen atoms in total. The molecule has 1 N–H and O–H groups in total. The molecule has 4 saturated carbocycles. The fourth-order valence-electron chi connectivity index (χ4n) is 13.2. The minimum Gasteiger partial charge on any atom is -0.481 e. The van der Waals surface area contributed by atoms with Crippen molar-refractivity contribution in [3.63, 3.8) is 0 Å². The first-order valence-corrected chi connectivity index (χ1v) is 20.6. The number of Topliss-reactive ketones (excluding diaryl/α,β-unsaturated/α-hetero) is 1. The van der Waals surface area contributed by atoms with Gasteiger partial charge in [0.25, 0.3) is 5.91 Å². The van der Waals surface area contributed by atoms with Crippen molar-refractivity contribution in [2.45, 2.75) is 146 Å². The molecule has 4 fully saturated rings. The maximum absolute atomic E-state index is 14.7. The second kappa shape index (κ2) is 13.5. The van der Waals surface area contributed by atoms with E-state index in [0.717, 1.165) is 69.8 Å². The topological polar surface area (TPSA) is 101 Å². The Balaban J connectivity index is 1.27. The molecule has 53 heavy (non-hydrogen) atoms. The highest BCUT2D eigenvalue weighted by Gasteiger charge is 2.70. The van der Waals surface area contributed by atoms with Crippen LogP contribution in [-0.2, 0) is 30.5 Å². The second-order valence-corrected chi connectivity index (χ2v) is 20.5. The predicted molar refractivity (Wildman–Crippen MR) is 208 cm³/mol. The molecule has 5 aliphatic rings. The zero-order chi connectivity index (χ0) is 39.1. The molecule has 8 atom stereocenters. The van der Waals surface area contributed by atoms with Crippen molar-refractivity contribution in [1.82, 2.24) is 4.90 Å². The van der Waals surface area contributed by atoms with Gasteiger partial charge in [-0.25, -0.2) is 0 Å². The zero-order valence-corrected chi connectivity index (χ0v) is 34.8. The number of aliphatic carboxylic acids is 1. The highest BCUT2D eigenvalue weighted by atomic mass is 35.5. The molecule has 6 rings (SSSR count). The first-order chi connectivity index (χ1) is 24.5. The number of halogens is 1. The lowest BCUT2D eigenvalue weighted by atomic mass is 9.33. The van der Waals surface area contributed by atoms with E-state index >= 15 is 0 Å². The Hall–Kier alpha value is -2.67. The molecule has 0 heterocycles. The van der Waals surface area contributed by atoms with Gasteiger partial charge < -0.3 is 14.7 Å². The molecule has 0 aliphatic heterocycles. The zero-order valence-electron chi connectivity index (χ0n) is 34.0. The third-order valence-corrected chi connectivity index (χ3v) is 16.6. The molecule has 1 aromatic carbocycles. The van der Waals surface area contributed by atoms with Gasteiger partial charge in [0.05, 0.1) is 17.3 Å². The van der Waals surface area contributed by atoms with E-state index in [9.17, 15) is 24.3 Å². The highest BCUT2D eigenvalue weighted by molar-refractivity contribution is 6.39. The van der Waals surface area contributed by atoms with Gasteiger partial charge in [-0.15, -0.1) is 0 Å². The Morgan fingerprint density at radius 1 is 0.887 bits per heavy atom. The lowest BCUT2D eigenvalue weighted by Crippen LogP contribution is -2.66. The molecule has 0 bridgehead atoms. The van der Waals surface area contributed by atoms with E-state index in [1.807, 2.05) is 24.3 Å². The fourth-order valence-corrected chi connectivity index (χ4v) is 13.3. The van der Waals surface area contributed by atoms with Gasteiger partial charge in [-0.05, 0) is 136 Å². The van der Waals surface area contributed by atoms with Crippen molar-refractivity contribution in [3.8, 4) is 0 Å². The number of carbonyl (C=O) groups is 4. The van der Waals surface area contributed by atoms with Gasteiger partial charge in [-0.1, -0.05) is 83.3 Å². The summed E-state index contributed by atoms with van der Waals surface area (Å²) in [6.45, 7) is 20.2. The van der Waals surface area contributed by atoms with E-state index < -0.39 is 22.8 Å². The van der Waals surface area contributed by atoms with Crippen LogP contribution in [0.4, 0.5) is 0 Å². The SMILES string of the molecule is CC(C)C1=C2[C@H]3CCC4[C@@]5(C)CC[C@H](OC(=O)CC(C)(C)C(=O)O)C(C)(C)C5CC[C@@]4(C)[C@]3(C)CC[C@@]2(C(=O)C(=O)N(C)Cc2ccc(Cl)cc2)CC1. The summed E-state index contributed by atoms with van der Waals surface area (Å²) in [5, 5.41) is 10.3. The number of ether oxygens (including phenoxy) is 1. The predicted octanol–water partition coefficient (Wildman–Crippen LogP) is 10.1. The quantitative estimate of drug-likeness (QED) is 0.153. The number of allylic oxidation sites excluding steroid dienone is 2. The van der Waals surface area contributed by atoms with Crippen molar-refractivity contribution in [2.75, 3.05) is 7.05 Å². The van der Waals surface area contributed by atoms with Crippen LogP contribution in [0.3, 0.4) is 0 Å². The lowest BCUT2D eigenvalue weighted by Gasteiger charge is -2.72. The maximum atomic E-state index is 14.7. The number of nitrogens with zero attached hydrogens (tertiary/aromatic N) is 1. The van der Waals surface area contributed by atoms with Gasteiger partial charge in [-0.3, -0.25) is 19.2 Å². The molecule has 0 aromatic heterocycles. The number of fused-ring (bicyclic) bond motifs is 7. The normalized spacial score (nSPS) is 36.2. The molecule has 0 saturated heterocycles. The Kier molecular flexibility index (Phi) is 10.2. The van der Waals surface area contributed by atoms with Crippen LogP contribution in [-0.4, -0.2) is 46.8 Å². The molecule has 8 heteroatoms. The lowest BCUT2D eigenvalue weighted by molar-refractivity contribution is -0.233. The van der Waals surface area contributed by atoms with E-state index in [4.69, 9.17) is 16.3 Å². The summed E-state index contributed by atoms with van der Waals surface area (Å²) in [6, 6.07) is 7.47. The summed E-state index contributed by atoms with van der Waals surface area (Å²) < 4.78 is 6.17. The van der Waals surface area contributed by atoms with E-state index in [0.29, 0.717) is 29.3 Å². The third kappa shape index (κ3) is 6.22. The standard InChI is InChI=1S/C45H64ClNO6/c1-27(2)30-17-22-45(37(49)38(50)47(10)26-28-11-13-29(46)14-12-28)24-23-43(8)31(36(30)45)15-16-33-42(7)20-19-34(53-35(48)25-40(3,4)39(51)52)41(5,6)32(42)18-21-44(33,43)9/h11-14,27,31-34H,15-26H2,1-10H3,(H,51,52)/t31-,32?,33?,34+,42+,43-,44-,45+/m1/s1. The van der Waals surface area contributed by atoms with E-state index in [-0.39, 0.29) is 51.8 Å². The summed E-state index contributed by atoms with van der Waals surface area (Å²) >= 11 is 6.11. The Morgan fingerprint density at radius 3 is 2.17 bits per heavy atom. The summed E-state index contributed by atoms with van der Waals surface area (Å²) in [4.78, 5) is 55.2. The number of hydrogen-bond acceptors (Lipinski definition) is 5. The first kappa shape index (κ1) is 40.0. The number of hydrogen-bond donors (Lipinski definition) is 1. The molecule has 1 amide bonds. The number of amides is 1. The van der Waals surface area contributed by atoms with Crippen LogP contribution in [0.25, 0.3) is 0 Å². The summed E-state index contributed by atoms with van der Waals surface area (Å²) in [5.41, 5.74) is 1.65. The van der Waals surface area contributed by atoms with Crippen molar-refractivity contribution < 1.29 is 29.0 Å². The number of likely N-dealkylation sites (N-methyl/N-ethyl adjacent to an activating group) is 1. The Morgan fingerprint density at radius 2 is 1.55 bits per heavy atom. The van der Waals surface area contributed by atoms with Crippen LogP contribution < -0.4 is 0 Å². The van der Waals surface area contributed by atoms with Gasteiger partial charge in [-0.2, -0.15) is 0 Å². The minimum absolute atomic E-state index is 0.0123. The van der Waals surface area contributed by atoms with Crippen molar-refractivity contribution >= 4 is 35.2 Å². The average Bonchev–Trinajstić information content (AvgIpc) is 3.48. The summed E-state index contributed by atoms with van der Waals surface area (Å²) in [6.07, 6.45) is 8.87. The number of ketones is 1. The number of benzene rings is 1. The Bertz CT molecular complexity index is 1690. The number of esters is 1. The van der Waals surface area contributed by atoms with Gasteiger partial charge in [0.1, 0.15) is 6.10 Å². The smallest absolute Gasteiger partial charge is 0.309 e. The number of carboxylic acid groups (broad SMARTS) is 1. The van der Waals surface area contributed by atoms with Crippen molar-refractivity contribution in [2.24, 2.45) is 56.2 Å².